The fraction of sp³-hybridized carbons (Fsp3) is 0.500. The molecule has 0 aliphatic rings. The first-order valence-electron chi connectivity index (χ1n) is 5.34. The first-order valence-corrected chi connectivity index (χ1v) is 7.14. The maximum atomic E-state index is 13.3. The summed E-state index contributed by atoms with van der Waals surface area (Å²) in [6, 6.07) is 2.79. The van der Waals surface area contributed by atoms with Crippen LogP contribution in [0, 0.1) is 17.7 Å². The van der Waals surface area contributed by atoms with Crippen LogP contribution in [0.2, 0.25) is 5.02 Å². The Morgan fingerprint density at radius 3 is 2.65 bits per heavy atom. The van der Waals surface area contributed by atoms with Crippen molar-refractivity contribution in [3.63, 3.8) is 0 Å². The molecule has 1 aromatic carbocycles. The Bertz CT molecular complexity index is 387. The normalized spacial score (nSPS) is 12.9. The summed E-state index contributed by atoms with van der Waals surface area (Å²) in [5, 5.41) is 0.0822. The number of halogens is 3. The summed E-state index contributed by atoms with van der Waals surface area (Å²) in [6.45, 7) is 4.74. The maximum Gasteiger partial charge on any atom is 0.145 e. The lowest BCUT2D eigenvalue weighted by molar-refractivity contribution is 0.225. The van der Waals surface area contributed by atoms with Crippen molar-refractivity contribution in [1.29, 1.82) is 0 Å². The monoisotopic (exact) mass is 340 g/mol. The van der Waals surface area contributed by atoms with Crippen molar-refractivity contribution >= 4 is 40.2 Å². The van der Waals surface area contributed by atoms with Gasteiger partial charge in [-0.05, 0) is 33.7 Å². The van der Waals surface area contributed by atoms with Crippen LogP contribution in [-0.2, 0) is 0 Å². The number of benzene rings is 1. The van der Waals surface area contributed by atoms with Crippen molar-refractivity contribution in [3.8, 4) is 5.75 Å². The van der Waals surface area contributed by atoms with Crippen LogP contribution in [0.3, 0.4) is 0 Å². The molecule has 0 aromatic heterocycles. The van der Waals surface area contributed by atoms with E-state index in [0.29, 0.717) is 28.7 Å². The zero-order valence-corrected chi connectivity index (χ0v) is 12.9. The topological polar surface area (TPSA) is 9.23 Å². The van der Waals surface area contributed by atoms with Gasteiger partial charge in [-0.2, -0.15) is 12.6 Å². The molecule has 0 aliphatic carbocycles. The molecule has 17 heavy (non-hydrogen) atoms. The Hall–Kier alpha value is 0.0700. The number of hydrogen-bond donors (Lipinski definition) is 1. The summed E-state index contributed by atoms with van der Waals surface area (Å²) >= 11 is 13.2. The van der Waals surface area contributed by atoms with E-state index >= 15 is 0 Å². The van der Waals surface area contributed by atoms with Crippen LogP contribution in [-0.4, -0.2) is 12.4 Å². The van der Waals surface area contributed by atoms with Gasteiger partial charge < -0.3 is 4.74 Å². The highest BCUT2D eigenvalue weighted by Crippen LogP contribution is 2.31. The largest absolute Gasteiger partial charge is 0.492 e. The molecule has 0 saturated carbocycles. The number of ether oxygens (including phenoxy) is 1. The highest BCUT2D eigenvalue weighted by atomic mass is 79.9. The Morgan fingerprint density at radius 1 is 1.47 bits per heavy atom. The van der Waals surface area contributed by atoms with Crippen LogP contribution in [0.1, 0.15) is 13.8 Å². The highest BCUT2D eigenvalue weighted by Gasteiger charge is 2.14. The van der Waals surface area contributed by atoms with Crippen molar-refractivity contribution in [3.05, 3.63) is 27.4 Å². The minimum atomic E-state index is -0.475. The average Bonchev–Trinajstić information content (AvgIpc) is 2.25. The van der Waals surface area contributed by atoms with Gasteiger partial charge in [0.15, 0.2) is 0 Å². The van der Waals surface area contributed by atoms with Gasteiger partial charge >= 0.3 is 0 Å². The van der Waals surface area contributed by atoms with E-state index in [-0.39, 0.29) is 5.02 Å². The molecule has 0 aliphatic heterocycles. The second-order valence-corrected chi connectivity index (χ2v) is 5.82. The van der Waals surface area contributed by atoms with E-state index in [0.717, 1.165) is 5.75 Å². The molecule has 0 amide bonds. The molecule has 96 valence electrons. The van der Waals surface area contributed by atoms with Crippen LogP contribution in [0.15, 0.2) is 16.6 Å². The average molecular weight is 342 g/mol. The molecular formula is C12H15BrClFOS. The van der Waals surface area contributed by atoms with E-state index in [1.807, 2.05) is 0 Å². The van der Waals surface area contributed by atoms with E-state index in [2.05, 4.69) is 42.4 Å². The third kappa shape index (κ3) is 4.34. The highest BCUT2D eigenvalue weighted by molar-refractivity contribution is 9.10. The van der Waals surface area contributed by atoms with Crippen LogP contribution < -0.4 is 4.74 Å². The van der Waals surface area contributed by atoms with Gasteiger partial charge in [0.2, 0.25) is 0 Å². The van der Waals surface area contributed by atoms with Gasteiger partial charge in [-0.1, -0.05) is 25.4 Å². The molecule has 0 radical (unpaired) electrons. The zero-order chi connectivity index (χ0) is 13.0. The summed E-state index contributed by atoms with van der Waals surface area (Å²) in [7, 11) is 0. The maximum absolute atomic E-state index is 13.3. The predicted octanol–water partition coefficient (Wildman–Crippen LogP) is 4.82. The molecule has 1 atom stereocenters. The quantitative estimate of drug-likeness (QED) is 0.596. The second-order valence-electron chi connectivity index (χ2n) is 4.19. The predicted molar refractivity (Wildman–Crippen MR) is 76.8 cm³/mol. The molecule has 0 heterocycles. The lowest BCUT2D eigenvalue weighted by Gasteiger charge is -2.19. The molecule has 5 heteroatoms. The molecule has 0 saturated heterocycles. The smallest absolute Gasteiger partial charge is 0.145 e. The van der Waals surface area contributed by atoms with Crippen molar-refractivity contribution in [2.24, 2.45) is 11.8 Å². The third-order valence-electron chi connectivity index (χ3n) is 2.61. The van der Waals surface area contributed by atoms with Gasteiger partial charge in [0.25, 0.3) is 0 Å². The van der Waals surface area contributed by atoms with Gasteiger partial charge in [-0.15, -0.1) is 0 Å². The van der Waals surface area contributed by atoms with Crippen LogP contribution in [0.25, 0.3) is 0 Å². The molecule has 1 aromatic rings. The summed E-state index contributed by atoms with van der Waals surface area (Å²) in [5.74, 6) is 1.55. The Morgan fingerprint density at radius 2 is 2.12 bits per heavy atom. The number of hydrogen-bond acceptors (Lipinski definition) is 2. The van der Waals surface area contributed by atoms with Crippen LogP contribution >= 0.6 is 40.2 Å². The SMILES string of the molecule is CC(C)C(CS)COc1cc(F)c(Cl)cc1Br. The third-order valence-corrected chi connectivity index (χ3v) is 3.98. The molecule has 1 nitrogen and oxygen atoms in total. The molecule has 1 rings (SSSR count). The van der Waals surface area contributed by atoms with E-state index in [1.165, 1.54) is 12.1 Å². The Kier molecular flexibility index (Phi) is 6.10. The minimum Gasteiger partial charge on any atom is -0.492 e. The first-order chi connectivity index (χ1) is 7.95. The molecule has 0 fully saturated rings. The molecule has 0 bridgehead atoms. The van der Waals surface area contributed by atoms with E-state index in [1.54, 1.807) is 0 Å². The summed E-state index contributed by atoms with van der Waals surface area (Å²) in [6.07, 6.45) is 0. The van der Waals surface area contributed by atoms with Crippen LogP contribution in [0.4, 0.5) is 4.39 Å². The van der Waals surface area contributed by atoms with Crippen molar-refractivity contribution < 1.29 is 9.13 Å². The fourth-order valence-electron chi connectivity index (χ4n) is 1.27. The van der Waals surface area contributed by atoms with E-state index < -0.39 is 5.82 Å². The lowest BCUT2D eigenvalue weighted by atomic mass is 9.99. The van der Waals surface area contributed by atoms with Gasteiger partial charge in [0.05, 0.1) is 16.1 Å². The van der Waals surface area contributed by atoms with Crippen molar-refractivity contribution in [2.45, 2.75) is 13.8 Å². The fourth-order valence-corrected chi connectivity index (χ4v) is 2.55. The molecule has 1 unspecified atom stereocenters. The number of rotatable bonds is 5. The Labute approximate surface area is 120 Å². The van der Waals surface area contributed by atoms with E-state index in [4.69, 9.17) is 16.3 Å². The molecule has 0 N–H and O–H groups in total. The molecule has 0 spiro atoms. The number of thiol groups is 1. The summed E-state index contributed by atoms with van der Waals surface area (Å²) in [4.78, 5) is 0. The van der Waals surface area contributed by atoms with Crippen molar-refractivity contribution in [1.82, 2.24) is 0 Å². The van der Waals surface area contributed by atoms with Gasteiger partial charge in [0, 0.05) is 12.0 Å². The van der Waals surface area contributed by atoms with Crippen LogP contribution in [0.5, 0.6) is 5.75 Å². The summed E-state index contributed by atoms with van der Waals surface area (Å²) < 4.78 is 19.5. The second kappa shape index (κ2) is 6.86. The minimum absolute atomic E-state index is 0.0822. The summed E-state index contributed by atoms with van der Waals surface area (Å²) in [5.41, 5.74) is 0. The van der Waals surface area contributed by atoms with E-state index in [9.17, 15) is 4.39 Å². The zero-order valence-electron chi connectivity index (χ0n) is 9.71. The standard InChI is InChI=1S/C12H15BrClFOS/c1-7(2)8(6-17)5-16-12-4-11(15)10(14)3-9(12)13/h3-4,7-8,17H,5-6H2,1-2H3. The first kappa shape index (κ1) is 15.1. The van der Waals surface area contributed by atoms with Gasteiger partial charge in [0.1, 0.15) is 11.6 Å². The molecular weight excluding hydrogens is 327 g/mol. The lowest BCUT2D eigenvalue weighted by Crippen LogP contribution is -2.19. The Balaban J connectivity index is 2.72. The van der Waals surface area contributed by atoms with Gasteiger partial charge in [-0.3, -0.25) is 0 Å². The van der Waals surface area contributed by atoms with Crippen molar-refractivity contribution in [2.75, 3.05) is 12.4 Å². The van der Waals surface area contributed by atoms with Gasteiger partial charge in [-0.25, -0.2) is 4.39 Å².